The summed E-state index contributed by atoms with van der Waals surface area (Å²) in [6.45, 7) is 2.42. The molecule has 0 spiro atoms. The van der Waals surface area contributed by atoms with Crippen LogP contribution in [0.5, 0.6) is 0 Å². The fourth-order valence-corrected chi connectivity index (χ4v) is 2.22. The van der Waals surface area contributed by atoms with Crippen LogP contribution in [-0.2, 0) is 26.2 Å². The molecule has 0 saturated carbocycles. The molecule has 0 atom stereocenters. The zero-order valence-corrected chi connectivity index (χ0v) is 12.2. The minimum atomic E-state index is -4.53. The maximum absolute atomic E-state index is 12.7. The van der Waals surface area contributed by atoms with Crippen LogP contribution >= 0.6 is 0 Å². The molecule has 1 aromatic heterocycles. The number of nitrogens with one attached hydrogen (secondary N) is 1. The van der Waals surface area contributed by atoms with Crippen LogP contribution in [-0.4, -0.2) is 9.78 Å². The number of hydrogen-bond donors (Lipinski definition) is 1. The van der Waals surface area contributed by atoms with Gasteiger partial charge in [0.2, 0.25) is 0 Å². The molecule has 0 bridgehead atoms. The number of rotatable bonds is 4. The molecule has 0 saturated heterocycles. The third-order valence-electron chi connectivity index (χ3n) is 3.26. The number of benzene rings is 1. The highest BCUT2D eigenvalue weighted by molar-refractivity contribution is 5.53. The highest BCUT2D eigenvalue weighted by Gasteiger charge is 2.33. The molecule has 0 aliphatic heterocycles. The van der Waals surface area contributed by atoms with E-state index in [2.05, 4.69) is 10.4 Å². The Bertz CT molecular complexity index is 711. The smallest absolute Gasteiger partial charge is 0.381 e. The first kappa shape index (κ1) is 15.9. The fourth-order valence-electron chi connectivity index (χ4n) is 2.22. The second kappa shape index (κ2) is 6.10. The van der Waals surface area contributed by atoms with E-state index in [9.17, 15) is 13.2 Å². The van der Waals surface area contributed by atoms with Gasteiger partial charge >= 0.3 is 6.18 Å². The van der Waals surface area contributed by atoms with E-state index in [0.29, 0.717) is 12.2 Å². The van der Waals surface area contributed by atoms with E-state index in [-0.39, 0.29) is 5.56 Å². The lowest BCUT2D eigenvalue weighted by molar-refractivity contribution is -0.137. The van der Waals surface area contributed by atoms with E-state index in [1.165, 1.54) is 12.1 Å². The van der Waals surface area contributed by atoms with Gasteiger partial charge in [-0.15, -0.1) is 0 Å². The first-order valence-electron chi connectivity index (χ1n) is 6.71. The number of hydrogen-bond acceptors (Lipinski definition) is 3. The van der Waals surface area contributed by atoms with E-state index in [1.54, 1.807) is 10.8 Å². The van der Waals surface area contributed by atoms with Gasteiger partial charge in [-0.25, -0.2) is 0 Å². The number of nitrogens with zero attached hydrogens (tertiary/aromatic N) is 3. The van der Waals surface area contributed by atoms with Crippen LogP contribution < -0.4 is 5.32 Å². The zero-order valence-electron chi connectivity index (χ0n) is 12.2. The SMILES string of the molecule is CCc1nn(C)cc1CNc1ccc(C(F)(F)F)c(C#N)c1. The Labute approximate surface area is 126 Å². The lowest BCUT2D eigenvalue weighted by Crippen LogP contribution is -2.09. The van der Waals surface area contributed by atoms with Gasteiger partial charge in [-0.1, -0.05) is 6.92 Å². The molecule has 1 aromatic carbocycles. The van der Waals surface area contributed by atoms with Crippen LogP contribution in [0.25, 0.3) is 0 Å². The highest BCUT2D eigenvalue weighted by Crippen LogP contribution is 2.33. The lowest BCUT2D eigenvalue weighted by Gasteiger charge is -2.11. The van der Waals surface area contributed by atoms with Crippen LogP contribution in [0.2, 0.25) is 0 Å². The summed E-state index contributed by atoms with van der Waals surface area (Å²) in [4.78, 5) is 0. The number of alkyl halides is 3. The predicted octanol–water partition coefficient (Wildman–Crippen LogP) is 3.49. The van der Waals surface area contributed by atoms with Gasteiger partial charge in [-0.05, 0) is 24.6 Å². The van der Waals surface area contributed by atoms with Gasteiger partial charge in [-0.2, -0.15) is 23.5 Å². The van der Waals surface area contributed by atoms with Crippen LogP contribution in [0.15, 0.2) is 24.4 Å². The molecule has 4 nitrogen and oxygen atoms in total. The summed E-state index contributed by atoms with van der Waals surface area (Å²) in [5.74, 6) is 0. The van der Waals surface area contributed by atoms with Crippen LogP contribution in [0.4, 0.5) is 18.9 Å². The summed E-state index contributed by atoms with van der Waals surface area (Å²) in [6, 6.07) is 5.05. The maximum atomic E-state index is 12.7. The molecule has 1 heterocycles. The van der Waals surface area contributed by atoms with Gasteiger partial charge in [0.1, 0.15) is 0 Å². The Balaban J connectivity index is 2.19. The molecule has 1 N–H and O–H groups in total. The van der Waals surface area contributed by atoms with Crippen molar-refractivity contribution in [2.24, 2.45) is 7.05 Å². The Morgan fingerprint density at radius 2 is 2.09 bits per heavy atom. The molecule has 0 unspecified atom stereocenters. The molecule has 116 valence electrons. The van der Waals surface area contributed by atoms with Crippen molar-refractivity contribution in [1.29, 1.82) is 5.26 Å². The first-order chi connectivity index (χ1) is 10.3. The molecule has 0 amide bonds. The molecule has 2 rings (SSSR count). The van der Waals surface area contributed by atoms with Crippen molar-refractivity contribution in [3.05, 3.63) is 46.8 Å². The molecular weight excluding hydrogens is 293 g/mol. The summed E-state index contributed by atoms with van der Waals surface area (Å²) in [5.41, 5.74) is 1.07. The minimum absolute atomic E-state index is 0.389. The monoisotopic (exact) mass is 308 g/mol. The van der Waals surface area contributed by atoms with Crippen LogP contribution in [0, 0.1) is 11.3 Å². The van der Waals surface area contributed by atoms with E-state index in [0.717, 1.165) is 23.7 Å². The van der Waals surface area contributed by atoms with Crippen LogP contribution in [0.1, 0.15) is 29.3 Å². The molecule has 2 aromatic rings. The van der Waals surface area contributed by atoms with Crippen molar-refractivity contribution in [2.75, 3.05) is 5.32 Å². The fraction of sp³-hybridized carbons (Fsp3) is 0.333. The summed E-state index contributed by atoms with van der Waals surface area (Å²) >= 11 is 0. The average molecular weight is 308 g/mol. The maximum Gasteiger partial charge on any atom is 0.417 e. The van der Waals surface area contributed by atoms with Crippen molar-refractivity contribution < 1.29 is 13.2 Å². The number of aryl methyl sites for hydroxylation is 2. The quantitative estimate of drug-likeness (QED) is 0.940. The molecule has 0 fully saturated rings. The van der Waals surface area contributed by atoms with Crippen molar-refractivity contribution in [1.82, 2.24) is 9.78 Å². The highest BCUT2D eigenvalue weighted by atomic mass is 19.4. The summed E-state index contributed by atoms with van der Waals surface area (Å²) in [7, 11) is 1.81. The van der Waals surface area contributed by atoms with Crippen molar-refractivity contribution in [2.45, 2.75) is 26.1 Å². The minimum Gasteiger partial charge on any atom is -0.381 e. The Hall–Kier alpha value is -2.49. The number of halogens is 3. The van der Waals surface area contributed by atoms with E-state index >= 15 is 0 Å². The van der Waals surface area contributed by atoms with Gasteiger partial charge in [0, 0.05) is 31.0 Å². The largest absolute Gasteiger partial charge is 0.417 e. The molecule has 0 aliphatic carbocycles. The number of nitriles is 1. The second-order valence-corrected chi connectivity index (χ2v) is 4.85. The van der Waals surface area contributed by atoms with E-state index in [1.807, 2.05) is 20.2 Å². The number of aromatic nitrogens is 2. The summed E-state index contributed by atoms with van der Waals surface area (Å²) in [5, 5.41) is 16.2. The molecule has 7 heteroatoms. The topological polar surface area (TPSA) is 53.6 Å². The van der Waals surface area contributed by atoms with Crippen molar-refractivity contribution in [3.8, 4) is 6.07 Å². The van der Waals surface area contributed by atoms with Gasteiger partial charge in [0.25, 0.3) is 0 Å². The van der Waals surface area contributed by atoms with Gasteiger partial charge in [0.15, 0.2) is 0 Å². The molecule has 22 heavy (non-hydrogen) atoms. The van der Waals surface area contributed by atoms with Gasteiger partial charge in [0.05, 0.1) is 22.9 Å². The number of anilines is 1. The normalized spacial score (nSPS) is 11.3. The van der Waals surface area contributed by atoms with Crippen LogP contribution in [0.3, 0.4) is 0 Å². The third-order valence-corrected chi connectivity index (χ3v) is 3.26. The lowest BCUT2D eigenvalue weighted by atomic mass is 10.1. The van der Waals surface area contributed by atoms with Crippen molar-refractivity contribution in [3.63, 3.8) is 0 Å². The van der Waals surface area contributed by atoms with Gasteiger partial charge < -0.3 is 5.32 Å². The van der Waals surface area contributed by atoms with Crippen molar-refractivity contribution >= 4 is 5.69 Å². The first-order valence-corrected chi connectivity index (χ1v) is 6.71. The third kappa shape index (κ3) is 3.39. The van der Waals surface area contributed by atoms with E-state index in [4.69, 9.17) is 5.26 Å². The standard InChI is InChI=1S/C15H15F3N4/c1-3-14-11(9-22(2)21-14)8-20-12-4-5-13(15(16,17)18)10(6-12)7-19/h4-6,9,20H,3,8H2,1-2H3. The van der Waals surface area contributed by atoms with Gasteiger partial charge in [-0.3, -0.25) is 4.68 Å². The molecule has 0 radical (unpaired) electrons. The Kier molecular flexibility index (Phi) is 4.40. The summed E-state index contributed by atoms with van der Waals surface area (Å²) in [6.07, 6.45) is -1.89. The summed E-state index contributed by atoms with van der Waals surface area (Å²) < 4.78 is 39.9. The average Bonchev–Trinajstić information content (AvgIpc) is 2.83. The molecule has 0 aliphatic rings. The Morgan fingerprint density at radius 3 is 2.68 bits per heavy atom. The Morgan fingerprint density at radius 1 is 1.36 bits per heavy atom. The second-order valence-electron chi connectivity index (χ2n) is 4.85. The zero-order chi connectivity index (χ0) is 16.3. The van der Waals surface area contributed by atoms with E-state index < -0.39 is 11.7 Å². The predicted molar refractivity (Wildman–Crippen MR) is 76.1 cm³/mol. The molecular formula is C15H15F3N4.